The minimum Gasteiger partial charge on any atom is -0.450 e. The van der Waals surface area contributed by atoms with E-state index in [1.165, 1.54) is 0 Å². The Morgan fingerprint density at radius 1 is 1.58 bits per heavy atom. The van der Waals surface area contributed by atoms with Crippen LogP contribution in [0.15, 0.2) is 0 Å². The molecule has 0 heterocycles. The smallest absolute Gasteiger partial charge is 0.450 e. The predicted molar refractivity (Wildman–Crippen MR) is 45.9 cm³/mol. The van der Waals surface area contributed by atoms with Gasteiger partial charge in [0.05, 0.1) is 0 Å². The van der Waals surface area contributed by atoms with Crippen LogP contribution in [-0.4, -0.2) is 16.9 Å². The maximum absolute atomic E-state index is 10.2. The first-order chi connectivity index (χ1) is 5.48. The van der Waals surface area contributed by atoms with Gasteiger partial charge in [0.15, 0.2) is 5.60 Å². The summed E-state index contributed by atoms with van der Waals surface area (Å²) in [5, 5.41) is 8.32. The van der Waals surface area contributed by atoms with Gasteiger partial charge in [0.2, 0.25) is 0 Å². The van der Waals surface area contributed by atoms with Crippen molar-refractivity contribution in [2.75, 3.05) is 0 Å². The van der Waals surface area contributed by atoms with Crippen LogP contribution in [0.4, 0.5) is 4.79 Å². The van der Waals surface area contributed by atoms with Crippen molar-refractivity contribution in [3.8, 4) is 11.8 Å². The molecule has 0 saturated carbocycles. The van der Waals surface area contributed by atoms with E-state index in [9.17, 15) is 4.79 Å². The lowest BCUT2D eigenvalue weighted by Crippen LogP contribution is -2.24. The first-order valence-electron chi connectivity index (χ1n) is 3.90. The molecule has 0 unspecified atom stereocenters. The Balaban J connectivity index is 4.05. The molecule has 3 heteroatoms. The second-order valence-corrected chi connectivity index (χ2v) is 2.93. The molecule has 0 aromatic heterocycles. The van der Waals surface area contributed by atoms with E-state index in [4.69, 9.17) is 5.11 Å². The number of carboxylic acid groups (broad SMARTS) is 1. The zero-order chi connectivity index (χ0) is 9.61. The Hall–Kier alpha value is -1.17. The average Bonchev–Trinajstić information content (AvgIpc) is 1.84. The summed E-state index contributed by atoms with van der Waals surface area (Å²) in [4.78, 5) is 10.2. The molecule has 12 heavy (non-hydrogen) atoms. The van der Waals surface area contributed by atoms with Crippen molar-refractivity contribution in [3.63, 3.8) is 0 Å². The lowest BCUT2D eigenvalue weighted by atomic mass is 10.1. The highest BCUT2D eigenvalue weighted by Crippen LogP contribution is 2.07. The van der Waals surface area contributed by atoms with Gasteiger partial charge < -0.3 is 9.84 Å². The van der Waals surface area contributed by atoms with Crippen LogP contribution in [0.2, 0.25) is 0 Å². The normalized spacial score (nSPS) is 9.92. The highest BCUT2D eigenvalue weighted by atomic mass is 16.7. The third kappa shape index (κ3) is 5.60. The lowest BCUT2D eigenvalue weighted by molar-refractivity contribution is 0.0355. The first kappa shape index (κ1) is 10.8. The summed E-state index contributed by atoms with van der Waals surface area (Å²) in [6, 6.07) is 0. The molecule has 1 N–H and O–H groups in total. The van der Waals surface area contributed by atoms with E-state index >= 15 is 0 Å². The molecule has 0 aliphatic carbocycles. The molecule has 0 aliphatic heterocycles. The van der Waals surface area contributed by atoms with Crippen molar-refractivity contribution < 1.29 is 14.6 Å². The standard InChI is InChI=1S/C9H14O3/c1-4-5-6-7-9(2,3)12-8(10)11/h4-5H2,1-3H3,(H,10,11). The molecule has 0 radical (unpaired) electrons. The van der Waals surface area contributed by atoms with Crippen molar-refractivity contribution in [2.24, 2.45) is 0 Å². The summed E-state index contributed by atoms with van der Waals surface area (Å²) in [7, 11) is 0. The zero-order valence-electron chi connectivity index (χ0n) is 7.68. The molecule has 0 rings (SSSR count). The van der Waals surface area contributed by atoms with E-state index in [1.807, 2.05) is 6.92 Å². The largest absolute Gasteiger partial charge is 0.507 e. The van der Waals surface area contributed by atoms with Crippen LogP contribution in [0.5, 0.6) is 0 Å². The van der Waals surface area contributed by atoms with Crippen LogP contribution >= 0.6 is 0 Å². The molecular weight excluding hydrogens is 156 g/mol. The summed E-state index contributed by atoms with van der Waals surface area (Å²) in [5.74, 6) is 5.58. The average molecular weight is 170 g/mol. The van der Waals surface area contributed by atoms with Crippen molar-refractivity contribution in [1.82, 2.24) is 0 Å². The topological polar surface area (TPSA) is 46.5 Å². The van der Waals surface area contributed by atoms with Crippen LogP contribution in [0.25, 0.3) is 0 Å². The third-order valence-electron chi connectivity index (χ3n) is 1.11. The fourth-order valence-corrected chi connectivity index (χ4v) is 0.644. The van der Waals surface area contributed by atoms with E-state index in [0.29, 0.717) is 0 Å². The summed E-state index contributed by atoms with van der Waals surface area (Å²) in [6.07, 6.45) is 0.452. The number of ether oxygens (including phenoxy) is 1. The SMILES string of the molecule is CCCC#CC(C)(C)OC(=O)O. The predicted octanol–water partition coefficient (Wildman–Crippen LogP) is 2.26. The molecule has 0 atom stereocenters. The van der Waals surface area contributed by atoms with E-state index < -0.39 is 11.8 Å². The van der Waals surface area contributed by atoms with Gasteiger partial charge >= 0.3 is 6.16 Å². The minimum atomic E-state index is -1.29. The lowest BCUT2D eigenvalue weighted by Gasteiger charge is -2.15. The second-order valence-electron chi connectivity index (χ2n) is 2.93. The minimum absolute atomic E-state index is 0.770. The molecule has 0 saturated heterocycles. The molecular formula is C9H14O3. The fraction of sp³-hybridized carbons (Fsp3) is 0.667. The van der Waals surface area contributed by atoms with Gasteiger partial charge in [0.25, 0.3) is 0 Å². The summed E-state index contributed by atoms with van der Waals surface area (Å²) in [6.45, 7) is 5.27. The number of carbonyl (C=O) groups is 1. The Morgan fingerprint density at radius 3 is 2.58 bits per heavy atom. The Kier molecular flexibility index (Phi) is 4.20. The molecule has 0 fully saturated rings. The van der Waals surface area contributed by atoms with Gasteiger partial charge in [-0.15, -0.1) is 0 Å². The number of rotatable bonds is 2. The van der Waals surface area contributed by atoms with Crippen LogP contribution in [0.3, 0.4) is 0 Å². The van der Waals surface area contributed by atoms with Gasteiger partial charge in [-0.05, 0) is 20.3 Å². The third-order valence-corrected chi connectivity index (χ3v) is 1.11. The second kappa shape index (κ2) is 4.66. The Bertz CT molecular complexity index is 208. The quantitative estimate of drug-likeness (QED) is 0.510. The van der Waals surface area contributed by atoms with E-state index in [1.54, 1.807) is 13.8 Å². The molecule has 0 spiro atoms. The number of unbranched alkanes of at least 4 members (excludes halogenated alkanes) is 1. The van der Waals surface area contributed by atoms with E-state index in [0.717, 1.165) is 12.8 Å². The molecule has 0 aromatic carbocycles. The Morgan fingerprint density at radius 2 is 2.17 bits per heavy atom. The van der Waals surface area contributed by atoms with Crippen molar-refractivity contribution >= 4 is 6.16 Å². The van der Waals surface area contributed by atoms with Gasteiger partial charge in [-0.1, -0.05) is 18.8 Å². The van der Waals surface area contributed by atoms with Gasteiger partial charge in [0, 0.05) is 6.42 Å². The monoisotopic (exact) mass is 170 g/mol. The maximum Gasteiger partial charge on any atom is 0.507 e. The maximum atomic E-state index is 10.2. The zero-order valence-corrected chi connectivity index (χ0v) is 7.68. The molecule has 0 aromatic rings. The molecule has 68 valence electrons. The summed E-state index contributed by atoms with van der Waals surface area (Å²) in [5.41, 5.74) is -0.888. The Labute approximate surface area is 72.7 Å². The van der Waals surface area contributed by atoms with Crippen LogP contribution in [0.1, 0.15) is 33.6 Å². The van der Waals surface area contributed by atoms with Crippen molar-refractivity contribution in [2.45, 2.75) is 39.2 Å². The summed E-state index contributed by atoms with van der Waals surface area (Å²) >= 11 is 0. The van der Waals surface area contributed by atoms with Crippen LogP contribution in [0, 0.1) is 11.8 Å². The fourth-order valence-electron chi connectivity index (χ4n) is 0.644. The molecule has 3 nitrogen and oxygen atoms in total. The molecule has 0 amide bonds. The number of hydrogen-bond acceptors (Lipinski definition) is 2. The highest BCUT2D eigenvalue weighted by Gasteiger charge is 2.18. The van der Waals surface area contributed by atoms with Gasteiger partial charge in [0.1, 0.15) is 0 Å². The van der Waals surface area contributed by atoms with Crippen LogP contribution < -0.4 is 0 Å². The van der Waals surface area contributed by atoms with Gasteiger partial charge in [-0.3, -0.25) is 0 Å². The van der Waals surface area contributed by atoms with Crippen molar-refractivity contribution in [1.29, 1.82) is 0 Å². The van der Waals surface area contributed by atoms with Gasteiger partial charge in [-0.2, -0.15) is 0 Å². The van der Waals surface area contributed by atoms with Crippen LogP contribution in [-0.2, 0) is 4.74 Å². The summed E-state index contributed by atoms with van der Waals surface area (Å²) < 4.78 is 4.53. The molecule has 0 bridgehead atoms. The molecule has 0 aliphatic rings. The van der Waals surface area contributed by atoms with Gasteiger partial charge in [-0.25, -0.2) is 4.79 Å². The highest BCUT2D eigenvalue weighted by molar-refractivity contribution is 5.58. The first-order valence-corrected chi connectivity index (χ1v) is 3.90. The number of hydrogen-bond donors (Lipinski definition) is 1. The van der Waals surface area contributed by atoms with Crippen molar-refractivity contribution in [3.05, 3.63) is 0 Å². The van der Waals surface area contributed by atoms with E-state index in [2.05, 4.69) is 16.6 Å². The van der Waals surface area contributed by atoms with E-state index in [-0.39, 0.29) is 0 Å².